The van der Waals surface area contributed by atoms with Crippen molar-refractivity contribution in [2.45, 2.75) is 19.9 Å². The molecule has 0 aliphatic heterocycles. The number of ether oxygens (including phenoxy) is 1. The predicted octanol–water partition coefficient (Wildman–Crippen LogP) is 4.05. The smallest absolute Gasteiger partial charge is 0.171 e. The number of anilines is 1. The Morgan fingerprint density at radius 3 is 2.38 bits per heavy atom. The van der Waals surface area contributed by atoms with Crippen LogP contribution in [0, 0.1) is 6.92 Å². The first kappa shape index (κ1) is 15.3. The maximum Gasteiger partial charge on any atom is 0.171 e. The van der Waals surface area contributed by atoms with E-state index in [0.717, 1.165) is 11.4 Å². The molecule has 0 unspecified atom stereocenters. The number of methoxy groups -OCH3 is 1. The Bertz CT molecular complexity index is 610. The molecule has 21 heavy (non-hydrogen) atoms. The van der Waals surface area contributed by atoms with Gasteiger partial charge in [0.25, 0.3) is 0 Å². The standard InChI is InChI=1S/C17H20N2OS/c1-12-6-4-5-7-16(12)13(2)18-17(21)19-14-8-10-15(20-3)11-9-14/h4-11,13H,1-3H3,(H2,18,19,21)/t13-/m0/s1. The molecule has 2 aromatic carbocycles. The van der Waals surface area contributed by atoms with E-state index in [0.29, 0.717) is 5.11 Å². The molecule has 0 radical (unpaired) electrons. The van der Waals surface area contributed by atoms with Crippen molar-refractivity contribution in [3.63, 3.8) is 0 Å². The lowest BCUT2D eigenvalue weighted by atomic mass is 10.0. The van der Waals surface area contributed by atoms with Gasteiger partial charge in [-0.3, -0.25) is 0 Å². The van der Waals surface area contributed by atoms with Crippen molar-refractivity contribution >= 4 is 23.0 Å². The van der Waals surface area contributed by atoms with Gasteiger partial charge in [-0.15, -0.1) is 0 Å². The highest BCUT2D eigenvalue weighted by Crippen LogP contribution is 2.18. The maximum absolute atomic E-state index is 5.36. The van der Waals surface area contributed by atoms with Gasteiger partial charge in [0.1, 0.15) is 5.75 Å². The quantitative estimate of drug-likeness (QED) is 0.835. The minimum Gasteiger partial charge on any atom is -0.497 e. The maximum atomic E-state index is 5.36. The lowest BCUT2D eigenvalue weighted by molar-refractivity contribution is 0.415. The fourth-order valence-electron chi connectivity index (χ4n) is 2.19. The SMILES string of the molecule is COc1ccc(NC(=S)N[C@@H](C)c2ccccc2C)cc1. The van der Waals surface area contributed by atoms with Crippen LogP contribution in [0.15, 0.2) is 48.5 Å². The van der Waals surface area contributed by atoms with Crippen LogP contribution >= 0.6 is 12.2 Å². The number of hydrogen-bond acceptors (Lipinski definition) is 2. The van der Waals surface area contributed by atoms with E-state index in [4.69, 9.17) is 17.0 Å². The summed E-state index contributed by atoms with van der Waals surface area (Å²) >= 11 is 5.36. The highest BCUT2D eigenvalue weighted by Gasteiger charge is 2.09. The molecule has 0 saturated heterocycles. The molecule has 0 amide bonds. The highest BCUT2D eigenvalue weighted by atomic mass is 32.1. The van der Waals surface area contributed by atoms with E-state index in [9.17, 15) is 0 Å². The molecule has 0 spiro atoms. The van der Waals surface area contributed by atoms with Gasteiger partial charge in [-0.05, 0) is 61.5 Å². The van der Waals surface area contributed by atoms with Crippen LogP contribution in [0.1, 0.15) is 24.1 Å². The first-order chi connectivity index (χ1) is 10.1. The molecule has 2 N–H and O–H groups in total. The van der Waals surface area contributed by atoms with Crippen molar-refractivity contribution in [2.75, 3.05) is 12.4 Å². The second-order valence-corrected chi connectivity index (χ2v) is 5.31. The molecule has 1 atom stereocenters. The number of rotatable bonds is 4. The molecule has 0 aliphatic rings. The van der Waals surface area contributed by atoms with Crippen molar-refractivity contribution in [1.82, 2.24) is 5.32 Å². The van der Waals surface area contributed by atoms with Crippen molar-refractivity contribution in [3.8, 4) is 5.75 Å². The van der Waals surface area contributed by atoms with Crippen LogP contribution in [0.25, 0.3) is 0 Å². The van der Waals surface area contributed by atoms with Gasteiger partial charge in [0.05, 0.1) is 13.2 Å². The number of aryl methyl sites for hydroxylation is 1. The Balaban J connectivity index is 1.96. The van der Waals surface area contributed by atoms with Crippen molar-refractivity contribution in [1.29, 1.82) is 0 Å². The normalized spacial score (nSPS) is 11.6. The second kappa shape index (κ2) is 7.09. The van der Waals surface area contributed by atoms with Gasteiger partial charge in [0.2, 0.25) is 0 Å². The molecule has 0 fully saturated rings. The van der Waals surface area contributed by atoms with E-state index < -0.39 is 0 Å². The molecule has 0 saturated carbocycles. The van der Waals surface area contributed by atoms with Crippen molar-refractivity contribution in [2.24, 2.45) is 0 Å². The van der Waals surface area contributed by atoms with Gasteiger partial charge < -0.3 is 15.4 Å². The summed E-state index contributed by atoms with van der Waals surface area (Å²) in [5.41, 5.74) is 3.44. The molecular weight excluding hydrogens is 280 g/mol. The van der Waals surface area contributed by atoms with Gasteiger partial charge in [0.15, 0.2) is 5.11 Å². The third kappa shape index (κ3) is 4.20. The third-order valence-corrected chi connectivity index (χ3v) is 3.57. The molecule has 0 aromatic heterocycles. The number of benzene rings is 2. The van der Waals surface area contributed by atoms with E-state index in [-0.39, 0.29) is 6.04 Å². The van der Waals surface area contributed by atoms with Crippen LogP contribution < -0.4 is 15.4 Å². The van der Waals surface area contributed by atoms with Gasteiger partial charge in [-0.1, -0.05) is 24.3 Å². The summed E-state index contributed by atoms with van der Waals surface area (Å²) in [5.74, 6) is 0.827. The average Bonchev–Trinajstić information content (AvgIpc) is 2.48. The highest BCUT2D eigenvalue weighted by molar-refractivity contribution is 7.80. The Morgan fingerprint density at radius 2 is 1.76 bits per heavy atom. The van der Waals surface area contributed by atoms with Crippen molar-refractivity contribution < 1.29 is 4.74 Å². The van der Waals surface area contributed by atoms with Crippen molar-refractivity contribution in [3.05, 3.63) is 59.7 Å². The first-order valence-electron chi connectivity index (χ1n) is 6.87. The third-order valence-electron chi connectivity index (χ3n) is 3.35. The zero-order valence-electron chi connectivity index (χ0n) is 12.5. The van der Waals surface area contributed by atoms with Crippen LogP contribution in [0.4, 0.5) is 5.69 Å². The molecule has 2 rings (SSSR count). The second-order valence-electron chi connectivity index (χ2n) is 4.91. The Kier molecular flexibility index (Phi) is 5.17. The largest absolute Gasteiger partial charge is 0.497 e. The Hall–Kier alpha value is -2.07. The zero-order chi connectivity index (χ0) is 15.2. The van der Waals surface area contributed by atoms with E-state index in [2.05, 4.69) is 36.6 Å². The van der Waals surface area contributed by atoms with E-state index >= 15 is 0 Å². The first-order valence-corrected chi connectivity index (χ1v) is 7.28. The van der Waals surface area contributed by atoms with Crippen LogP contribution in [-0.4, -0.2) is 12.2 Å². The Labute approximate surface area is 131 Å². The zero-order valence-corrected chi connectivity index (χ0v) is 13.3. The summed E-state index contributed by atoms with van der Waals surface area (Å²) in [6, 6.07) is 16.1. The molecule has 2 aromatic rings. The summed E-state index contributed by atoms with van der Waals surface area (Å²) in [6.45, 7) is 4.21. The average molecular weight is 300 g/mol. The van der Waals surface area contributed by atoms with E-state index in [1.807, 2.05) is 36.4 Å². The fraction of sp³-hybridized carbons (Fsp3) is 0.235. The summed E-state index contributed by atoms with van der Waals surface area (Å²) in [5, 5.41) is 7.09. The number of nitrogens with one attached hydrogen (secondary N) is 2. The van der Waals surface area contributed by atoms with E-state index in [1.165, 1.54) is 11.1 Å². The van der Waals surface area contributed by atoms with Crippen LogP contribution in [0.2, 0.25) is 0 Å². The molecular formula is C17H20N2OS. The van der Waals surface area contributed by atoms with Crippen LogP contribution in [-0.2, 0) is 0 Å². The summed E-state index contributed by atoms with van der Waals surface area (Å²) in [6.07, 6.45) is 0. The number of thiocarbonyl (C=S) groups is 1. The molecule has 0 heterocycles. The topological polar surface area (TPSA) is 33.3 Å². The molecule has 3 nitrogen and oxygen atoms in total. The van der Waals surface area contributed by atoms with Gasteiger partial charge in [0, 0.05) is 5.69 Å². The van der Waals surface area contributed by atoms with Gasteiger partial charge >= 0.3 is 0 Å². The Morgan fingerprint density at radius 1 is 1.10 bits per heavy atom. The molecule has 0 aliphatic carbocycles. The summed E-state index contributed by atoms with van der Waals surface area (Å²) < 4.78 is 5.13. The predicted molar refractivity (Wildman–Crippen MR) is 91.9 cm³/mol. The van der Waals surface area contributed by atoms with Gasteiger partial charge in [-0.2, -0.15) is 0 Å². The minimum absolute atomic E-state index is 0.157. The van der Waals surface area contributed by atoms with Crippen LogP contribution in [0.5, 0.6) is 5.75 Å². The molecule has 0 bridgehead atoms. The monoisotopic (exact) mass is 300 g/mol. The molecule has 4 heteroatoms. The summed E-state index contributed by atoms with van der Waals surface area (Å²) in [4.78, 5) is 0. The van der Waals surface area contributed by atoms with E-state index in [1.54, 1.807) is 7.11 Å². The van der Waals surface area contributed by atoms with Gasteiger partial charge in [-0.25, -0.2) is 0 Å². The number of hydrogen-bond donors (Lipinski definition) is 2. The lowest BCUT2D eigenvalue weighted by Gasteiger charge is -2.19. The summed E-state index contributed by atoms with van der Waals surface area (Å²) in [7, 11) is 1.65. The lowest BCUT2D eigenvalue weighted by Crippen LogP contribution is -2.31. The van der Waals surface area contributed by atoms with Crippen LogP contribution in [0.3, 0.4) is 0 Å². The fourth-order valence-corrected chi connectivity index (χ4v) is 2.48. The molecule has 110 valence electrons. The minimum atomic E-state index is 0.157.